The zero-order chi connectivity index (χ0) is 16.4. The van der Waals surface area contributed by atoms with Crippen LogP contribution in [0.5, 0.6) is 11.5 Å². The Morgan fingerprint density at radius 3 is 2.52 bits per heavy atom. The minimum atomic E-state index is -0.146. The van der Waals surface area contributed by atoms with Gasteiger partial charge in [-0.15, -0.1) is 0 Å². The number of piperidine rings is 2. The number of fused-ring (bicyclic) bond motifs is 2. The van der Waals surface area contributed by atoms with E-state index >= 15 is 0 Å². The molecular formula is C18H26ClNO3. The van der Waals surface area contributed by atoms with Gasteiger partial charge >= 0.3 is 0 Å². The SMILES string of the molecule is CCOc1cc(CN2[C@@H]3CCC[C@H]2CC(O)C3)c(Cl)cc1OC. The quantitative estimate of drug-likeness (QED) is 0.889. The van der Waals surface area contributed by atoms with E-state index in [1.165, 1.54) is 19.3 Å². The van der Waals surface area contributed by atoms with E-state index in [1.54, 1.807) is 7.11 Å². The van der Waals surface area contributed by atoms with Crippen LogP contribution < -0.4 is 9.47 Å². The lowest BCUT2D eigenvalue weighted by Crippen LogP contribution is -2.52. The molecule has 1 aromatic carbocycles. The van der Waals surface area contributed by atoms with Crippen LogP contribution in [0.15, 0.2) is 12.1 Å². The van der Waals surface area contributed by atoms with E-state index in [0.29, 0.717) is 24.4 Å². The van der Waals surface area contributed by atoms with Crippen LogP contribution in [0.3, 0.4) is 0 Å². The lowest BCUT2D eigenvalue weighted by Gasteiger charge is -2.48. The highest BCUT2D eigenvalue weighted by Crippen LogP contribution is 2.38. The number of hydrogen-bond donors (Lipinski definition) is 1. The molecule has 2 aliphatic rings. The van der Waals surface area contributed by atoms with Crippen LogP contribution in [0.25, 0.3) is 0 Å². The van der Waals surface area contributed by atoms with Gasteiger partial charge in [-0.2, -0.15) is 0 Å². The van der Waals surface area contributed by atoms with E-state index in [1.807, 2.05) is 19.1 Å². The first-order chi connectivity index (χ1) is 11.1. The second-order valence-electron chi connectivity index (χ2n) is 6.56. The summed E-state index contributed by atoms with van der Waals surface area (Å²) in [6.45, 7) is 3.37. The predicted molar refractivity (Wildman–Crippen MR) is 91.4 cm³/mol. The molecule has 3 rings (SSSR count). The van der Waals surface area contributed by atoms with E-state index in [4.69, 9.17) is 21.1 Å². The highest BCUT2D eigenvalue weighted by Gasteiger charge is 2.37. The first kappa shape index (κ1) is 16.9. The van der Waals surface area contributed by atoms with E-state index in [2.05, 4.69) is 4.90 Å². The van der Waals surface area contributed by atoms with Crippen molar-refractivity contribution in [1.29, 1.82) is 0 Å². The molecular weight excluding hydrogens is 314 g/mol. The summed E-state index contributed by atoms with van der Waals surface area (Å²) in [5, 5.41) is 10.8. The molecule has 0 spiro atoms. The summed E-state index contributed by atoms with van der Waals surface area (Å²) >= 11 is 6.47. The Labute approximate surface area is 143 Å². The Kier molecular flexibility index (Phi) is 5.34. The van der Waals surface area contributed by atoms with Crippen molar-refractivity contribution in [2.45, 2.75) is 63.8 Å². The molecule has 2 heterocycles. The zero-order valence-electron chi connectivity index (χ0n) is 13.9. The highest BCUT2D eigenvalue weighted by molar-refractivity contribution is 6.31. The van der Waals surface area contributed by atoms with Crippen molar-refractivity contribution < 1.29 is 14.6 Å². The summed E-state index contributed by atoms with van der Waals surface area (Å²) in [7, 11) is 1.63. The summed E-state index contributed by atoms with van der Waals surface area (Å²) in [6, 6.07) is 4.78. The molecule has 0 radical (unpaired) electrons. The zero-order valence-corrected chi connectivity index (χ0v) is 14.7. The number of ether oxygens (including phenoxy) is 2. The Balaban J connectivity index is 1.83. The van der Waals surface area contributed by atoms with Gasteiger partial charge in [0.1, 0.15) is 0 Å². The van der Waals surface area contributed by atoms with Crippen molar-refractivity contribution in [2.75, 3.05) is 13.7 Å². The second kappa shape index (κ2) is 7.29. The van der Waals surface area contributed by atoms with Crippen molar-refractivity contribution in [3.63, 3.8) is 0 Å². The standard InChI is InChI=1S/C18H26ClNO3/c1-3-23-18-7-12(16(19)10-17(18)22-2)11-20-13-5-4-6-14(20)9-15(21)8-13/h7,10,13-15,21H,3-6,8-9,11H2,1-2H3/t13-,14+,15?. The van der Waals surface area contributed by atoms with Crippen molar-refractivity contribution in [1.82, 2.24) is 4.90 Å². The summed E-state index contributed by atoms with van der Waals surface area (Å²) in [4.78, 5) is 2.53. The molecule has 0 saturated carbocycles. The first-order valence-electron chi connectivity index (χ1n) is 8.55. The molecule has 0 aromatic heterocycles. The average Bonchev–Trinajstić information content (AvgIpc) is 2.51. The largest absolute Gasteiger partial charge is 0.493 e. The van der Waals surface area contributed by atoms with Gasteiger partial charge in [-0.25, -0.2) is 0 Å². The van der Waals surface area contributed by atoms with Crippen molar-refractivity contribution in [3.05, 3.63) is 22.7 Å². The molecule has 0 aliphatic carbocycles. The van der Waals surface area contributed by atoms with Gasteiger partial charge in [0.15, 0.2) is 11.5 Å². The van der Waals surface area contributed by atoms with Gasteiger partial charge in [-0.3, -0.25) is 4.90 Å². The minimum Gasteiger partial charge on any atom is -0.493 e. The fourth-order valence-corrected chi connectivity index (χ4v) is 4.24. The Morgan fingerprint density at radius 2 is 1.91 bits per heavy atom. The lowest BCUT2D eigenvalue weighted by molar-refractivity contribution is -0.0312. The fourth-order valence-electron chi connectivity index (χ4n) is 4.03. The van der Waals surface area contributed by atoms with Crippen LogP contribution in [-0.2, 0) is 6.54 Å². The van der Waals surface area contributed by atoms with Crippen LogP contribution in [0.1, 0.15) is 44.6 Å². The van der Waals surface area contributed by atoms with Gasteiger partial charge in [0, 0.05) is 29.7 Å². The van der Waals surface area contributed by atoms with E-state index in [9.17, 15) is 5.11 Å². The fraction of sp³-hybridized carbons (Fsp3) is 0.667. The van der Waals surface area contributed by atoms with Gasteiger partial charge in [0.25, 0.3) is 0 Å². The van der Waals surface area contributed by atoms with Gasteiger partial charge in [-0.1, -0.05) is 18.0 Å². The van der Waals surface area contributed by atoms with E-state index in [0.717, 1.165) is 35.7 Å². The molecule has 23 heavy (non-hydrogen) atoms. The number of halogens is 1. The third-order valence-corrected chi connectivity index (χ3v) is 5.44. The molecule has 2 bridgehead atoms. The van der Waals surface area contributed by atoms with Gasteiger partial charge in [0.2, 0.25) is 0 Å². The van der Waals surface area contributed by atoms with Crippen LogP contribution in [0.4, 0.5) is 0 Å². The summed E-state index contributed by atoms with van der Waals surface area (Å²) < 4.78 is 11.0. The number of methoxy groups -OCH3 is 1. The maximum Gasteiger partial charge on any atom is 0.162 e. The number of hydrogen-bond acceptors (Lipinski definition) is 4. The monoisotopic (exact) mass is 339 g/mol. The molecule has 4 nitrogen and oxygen atoms in total. The summed E-state index contributed by atoms with van der Waals surface area (Å²) in [6.07, 6.45) is 5.20. The van der Waals surface area contributed by atoms with E-state index < -0.39 is 0 Å². The molecule has 2 aliphatic heterocycles. The van der Waals surface area contributed by atoms with Gasteiger partial charge in [-0.05, 0) is 44.2 Å². The smallest absolute Gasteiger partial charge is 0.162 e. The second-order valence-corrected chi connectivity index (χ2v) is 6.97. The van der Waals surface area contributed by atoms with Crippen molar-refractivity contribution in [3.8, 4) is 11.5 Å². The maximum atomic E-state index is 10.0. The molecule has 1 aromatic rings. The third-order valence-electron chi connectivity index (χ3n) is 5.09. The molecule has 1 N–H and O–H groups in total. The Bertz CT molecular complexity index is 537. The van der Waals surface area contributed by atoms with E-state index in [-0.39, 0.29) is 6.10 Å². The predicted octanol–water partition coefficient (Wildman–Crippen LogP) is 3.63. The van der Waals surface area contributed by atoms with Crippen LogP contribution in [0.2, 0.25) is 5.02 Å². The Morgan fingerprint density at radius 1 is 1.22 bits per heavy atom. The van der Waals surface area contributed by atoms with Crippen molar-refractivity contribution >= 4 is 11.6 Å². The van der Waals surface area contributed by atoms with Gasteiger partial charge in [0.05, 0.1) is 19.8 Å². The number of rotatable bonds is 5. The molecule has 5 heteroatoms. The lowest BCUT2D eigenvalue weighted by atomic mass is 9.82. The summed E-state index contributed by atoms with van der Waals surface area (Å²) in [5.74, 6) is 1.42. The Hall–Kier alpha value is -0.970. The first-order valence-corrected chi connectivity index (χ1v) is 8.93. The van der Waals surface area contributed by atoms with Gasteiger partial charge < -0.3 is 14.6 Å². The molecule has 2 fully saturated rings. The maximum absolute atomic E-state index is 10.0. The molecule has 3 atom stereocenters. The number of benzene rings is 1. The van der Waals surface area contributed by atoms with Crippen molar-refractivity contribution in [2.24, 2.45) is 0 Å². The molecule has 0 amide bonds. The molecule has 1 unspecified atom stereocenters. The third kappa shape index (κ3) is 3.59. The van der Waals surface area contributed by atoms with Crippen LogP contribution in [-0.4, -0.2) is 41.9 Å². The molecule has 128 valence electrons. The number of aliphatic hydroxyl groups is 1. The number of aliphatic hydroxyl groups excluding tert-OH is 1. The average molecular weight is 340 g/mol. The topological polar surface area (TPSA) is 41.9 Å². The van der Waals surface area contributed by atoms with Crippen LogP contribution >= 0.6 is 11.6 Å². The highest BCUT2D eigenvalue weighted by atomic mass is 35.5. The number of nitrogens with zero attached hydrogens (tertiary/aromatic N) is 1. The van der Waals surface area contributed by atoms with Crippen LogP contribution in [0, 0.1) is 0 Å². The summed E-state index contributed by atoms with van der Waals surface area (Å²) in [5.41, 5.74) is 1.07. The molecule has 2 saturated heterocycles. The normalized spacial score (nSPS) is 27.7. The minimum absolute atomic E-state index is 0.146.